The lowest BCUT2D eigenvalue weighted by Gasteiger charge is -2.27. The summed E-state index contributed by atoms with van der Waals surface area (Å²) in [6.45, 7) is 0. The van der Waals surface area contributed by atoms with Gasteiger partial charge in [0.15, 0.2) is 0 Å². The maximum absolute atomic E-state index is 11.9. The zero-order valence-electron chi connectivity index (χ0n) is 10.1. The first kappa shape index (κ1) is 12.6. The molecule has 0 saturated heterocycles. The minimum atomic E-state index is -0.905. The smallest absolute Gasteiger partial charge is 0.305 e. The second-order valence-corrected chi connectivity index (χ2v) is 4.70. The molecule has 96 valence electrons. The van der Waals surface area contributed by atoms with Gasteiger partial charge in [0.05, 0.1) is 12.5 Å². The lowest BCUT2D eigenvalue weighted by molar-refractivity contribution is -0.138. The topological polar surface area (TPSA) is 66.4 Å². The third kappa shape index (κ3) is 3.09. The predicted octanol–water partition coefficient (Wildman–Crippen LogP) is 2.12. The number of carbonyl (C=O) groups is 2. The van der Waals surface area contributed by atoms with Gasteiger partial charge in [-0.05, 0) is 18.4 Å². The molecule has 0 unspecified atom stereocenters. The van der Waals surface area contributed by atoms with Gasteiger partial charge >= 0.3 is 5.97 Å². The fraction of sp³-hybridized carbons (Fsp3) is 0.429. The largest absolute Gasteiger partial charge is 0.481 e. The molecular weight excluding hydrogens is 230 g/mol. The van der Waals surface area contributed by atoms with Crippen molar-refractivity contribution in [1.82, 2.24) is 5.32 Å². The number of carbonyl (C=O) groups excluding carboxylic acids is 1. The monoisotopic (exact) mass is 247 g/mol. The Morgan fingerprint density at radius 1 is 1.28 bits per heavy atom. The number of hydrogen-bond acceptors (Lipinski definition) is 2. The normalized spacial score (nSPS) is 16.7. The van der Waals surface area contributed by atoms with Crippen LogP contribution in [0, 0.1) is 5.92 Å². The van der Waals surface area contributed by atoms with Crippen molar-refractivity contribution >= 4 is 11.9 Å². The van der Waals surface area contributed by atoms with Crippen LogP contribution in [0.5, 0.6) is 0 Å². The van der Waals surface area contributed by atoms with Crippen LogP contribution in [-0.4, -0.2) is 17.0 Å². The zero-order valence-corrected chi connectivity index (χ0v) is 10.1. The van der Waals surface area contributed by atoms with Crippen LogP contribution in [0.1, 0.15) is 37.3 Å². The van der Waals surface area contributed by atoms with Crippen molar-refractivity contribution < 1.29 is 14.7 Å². The fourth-order valence-electron chi connectivity index (χ4n) is 2.07. The first-order valence-electron chi connectivity index (χ1n) is 6.24. The van der Waals surface area contributed by atoms with Crippen molar-refractivity contribution in [3.63, 3.8) is 0 Å². The van der Waals surface area contributed by atoms with Gasteiger partial charge in [-0.3, -0.25) is 9.59 Å². The van der Waals surface area contributed by atoms with Crippen molar-refractivity contribution in [3.8, 4) is 0 Å². The summed E-state index contributed by atoms with van der Waals surface area (Å²) in [5, 5.41) is 11.8. The van der Waals surface area contributed by atoms with Crippen molar-refractivity contribution in [2.45, 2.75) is 31.7 Å². The molecule has 4 heteroatoms. The molecule has 0 aromatic heterocycles. The van der Waals surface area contributed by atoms with E-state index in [1.165, 1.54) is 0 Å². The van der Waals surface area contributed by atoms with E-state index in [1.54, 1.807) is 0 Å². The first-order chi connectivity index (χ1) is 8.66. The number of aliphatic carboxylic acids is 1. The van der Waals surface area contributed by atoms with E-state index < -0.39 is 12.0 Å². The van der Waals surface area contributed by atoms with Gasteiger partial charge < -0.3 is 10.4 Å². The number of benzene rings is 1. The Labute approximate surface area is 106 Å². The van der Waals surface area contributed by atoms with E-state index in [0.29, 0.717) is 0 Å². The Hall–Kier alpha value is -1.84. The van der Waals surface area contributed by atoms with Gasteiger partial charge in [-0.1, -0.05) is 36.8 Å². The van der Waals surface area contributed by atoms with Crippen LogP contribution in [0.15, 0.2) is 30.3 Å². The average molecular weight is 247 g/mol. The SMILES string of the molecule is O=C(O)C[C@H](NC(=O)C1CCC1)c1ccccc1. The molecule has 1 fully saturated rings. The lowest BCUT2D eigenvalue weighted by atomic mass is 9.84. The molecule has 0 radical (unpaired) electrons. The van der Waals surface area contributed by atoms with E-state index in [9.17, 15) is 9.59 Å². The van der Waals surface area contributed by atoms with Gasteiger partial charge in [0.1, 0.15) is 0 Å². The lowest BCUT2D eigenvalue weighted by Crippen LogP contribution is -2.37. The molecule has 1 aromatic rings. The van der Waals surface area contributed by atoms with E-state index in [4.69, 9.17) is 5.11 Å². The highest BCUT2D eigenvalue weighted by Crippen LogP contribution is 2.27. The second-order valence-electron chi connectivity index (χ2n) is 4.70. The number of hydrogen-bond donors (Lipinski definition) is 2. The molecule has 1 amide bonds. The van der Waals surface area contributed by atoms with Crippen LogP contribution in [0.2, 0.25) is 0 Å². The van der Waals surface area contributed by atoms with Crippen LogP contribution < -0.4 is 5.32 Å². The van der Waals surface area contributed by atoms with E-state index in [0.717, 1.165) is 24.8 Å². The van der Waals surface area contributed by atoms with Gasteiger partial charge in [0.25, 0.3) is 0 Å². The third-order valence-electron chi connectivity index (χ3n) is 3.37. The molecule has 0 aliphatic heterocycles. The van der Waals surface area contributed by atoms with Gasteiger partial charge in [-0.2, -0.15) is 0 Å². The molecule has 1 saturated carbocycles. The van der Waals surface area contributed by atoms with Crippen LogP contribution >= 0.6 is 0 Å². The third-order valence-corrected chi connectivity index (χ3v) is 3.37. The van der Waals surface area contributed by atoms with Gasteiger partial charge in [0, 0.05) is 5.92 Å². The molecular formula is C14H17NO3. The molecule has 18 heavy (non-hydrogen) atoms. The van der Waals surface area contributed by atoms with E-state index in [-0.39, 0.29) is 18.2 Å². The van der Waals surface area contributed by atoms with E-state index in [1.807, 2.05) is 30.3 Å². The highest BCUT2D eigenvalue weighted by atomic mass is 16.4. The molecule has 2 N–H and O–H groups in total. The molecule has 4 nitrogen and oxygen atoms in total. The summed E-state index contributed by atoms with van der Waals surface area (Å²) in [5.74, 6) is -0.848. The standard InChI is InChI=1S/C14H17NO3/c16-13(17)9-12(10-5-2-1-3-6-10)15-14(18)11-7-4-8-11/h1-3,5-6,11-12H,4,7-9H2,(H,15,18)(H,16,17)/t12-/m0/s1. The summed E-state index contributed by atoms with van der Waals surface area (Å²) in [4.78, 5) is 22.8. The number of amides is 1. The van der Waals surface area contributed by atoms with Gasteiger partial charge in [0.2, 0.25) is 5.91 Å². The van der Waals surface area contributed by atoms with Gasteiger partial charge in [-0.15, -0.1) is 0 Å². The Balaban J connectivity index is 2.05. The molecule has 0 heterocycles. The Kier molecular flexibility index (Phi) is 3.97. The number of nitrogens with one attached hydrogen (secondary N) is 1. The molecule has 1 aliphatic carbocycles. The Morgan fingerprint density at radius 2 is 1.94 bits per heavy atom. The fourth-order valence-corrected chi connectivity index (χ4v) is 2.07. The molecule has 2 rings (SSSR count). The number of carboxylic acids is 1. The molecule has 0 spiro atoms. The van der Waals surface area contributed by atoms with Crippen LogP contribution in [0.25, 0.3) is 0 Å². The summed E-state index contributed by atoms with van der Waals surface area (Å²) < 4.78 is 0. The summed E-state index contributed by atoms with van der Waals surface area (Å²) in [6.07, 6.45) is 2.84. The van der Waals surface area contributed by atoms with Crippen molar-refractivity contribution in [2.24, 2.45) is 5.92 Å². The highest BCUT2D eigenvalue weighted by molar-refractivity contribution is 5.80. The summed E-state index contributed by atoms with van der Waals surface area (Å²) in [5.41, 5.74) is 0.840. The maximum Gasteiger partial charge on any atom is 0.305 e. The Morgan fingerprint density at radius 3 is 2.44 bits per heavy atom. The zero-order chi connectivity index (χ0) is 13.0. The van der Waals surface area contributed by atoms with Crippen molar-refractivity contribution in [1.29, 1.82) is 0 Å². The first-order valence-corrected chi connectivity index (χ1v) is 6.24. The summed E-state index contributed by atoms with van der Waals surface area (Å²) in [6, 6.07) is 8.81. The highest BCUT2D eigenvalue weighted by Gasteiger charge is 2.27. The number of carboxylic acid groups (broad SMARTS) is 1. The predicted molar refractivity (Wildman–Crippen MR) is 66.9 cm³/mol. The minimum Gasteiger partial charge on any atom is -0.481 e. The van der Waals surface area contributed by atoms with Crippen molar-refractivity contribution in [2.75, 3.05) is 0 Å². The van der Waals surface area contributed by atoms with Crippen LogP contribution in [0.4, 0.5) is 0 Å². The molecule has 1 aromatic carbocycles. The van der Waals surface area contributed by atoms with E-state index >= 15 is 0 Å². The summed E-state index contributed by atoms with van der Waals surface area (Å²) >= 11 is 0. The maximum atomic E-state index is 11.9. The minimum absolute atomic E-state index is 0.0173. The average Bonchev–Trinajstić information content (AvgIpc) is 2.26. The van der Waals surface area contributed by atoms with Crippen LogP contribution in [0.3, 0.4) is 0 Å². The summed E-state index contributed by atoms with van der Waals surface area (Å²) in [7, 11) is 0. The van der Waals surface area contributed by atoms with Gasteiger partial charge in [-0.25, -0.2) is 0 Å². The molecule has 0 bridgehead atoms. The number of rotatable bonds is 5. The van der Waals surface area contributed by atoms with Crippen molar-refractivity contribution in [3.05, 3.63) is 35.9 Å². The van der Waals surface area contributed by atoms with Crippen LogP contribution in [-0.2, 0) is 9.59 Å². The van der Waals surface area contributed by atoms with E-state index in [2.05, 4.69) is 5.32 Å². The molecule has 1 aliphatic rings. The molecule has 1 atom stereocenters. The Bertz CT molecular complexity index is 426. The quantitative estimate of drug-likeness (QED) is 0.837. The second kappa shape index (κ2) is 5.67.